The molecule has 0 bridgehead atoms. The fraction of sp³-hybridized carbons (Fsp3) is 0.421. The number of ether oxygens (including phenoxy) is 2. The lowest BCUT2D eigenvalue weighted by molar-refractivity contribution is -0.384. The zero-order chi connectivity index (χ0) is 24.9. The molecule has 2 aromatic rings. The highest BCUT2D eigenvalue weighted by Gasteiger charge is 2.54. The molecule has 10 nitrogen and oxygen atoms in total. The highest BCUT2D eigenvalue weighted by atomic mass is 79.9. The molecule has 0 aliphatic carbocycles. The quantitative estimate of drug-likeness (QED) is 0.181. The Morgan fingerprint density at radius 2 is 1.97 bits per heavy atom. The number of carbonyl (C=O) groups excluding carboxylic acids is 2. The van der Waals surface area contributed by atoms with Crippen LogP contribution in [0.1, 0.15) is 20.8 Å². The topological polar surface area (TPSA) is 124 Å². The predicted octanol–water partition coefficient (Wildman–Crippen LogP) is 4.93. The first-order valence-corrected chi connectivity index (χ1v) is 10.9. The van der Waals surface area contributed by atoms with Crippen LogP contribution in [0.4, 0.5) is 20.6 Å². The number of likely N-dealkylation sites (tertiary alicyclic amines) is 1. The van der Waals surface area contributed by atoms with Crippen molar-refractivity contribution in [3.05, 3.63) is 36.6 Å². The Kier molecular flexibility index (Phi) is 6.66. The number of nitrogens with zero attached hydrogens (tertiary/aromatic N) is 3. The van der Waals surface area contributed by atoms with Gasteiger partial charge in [0, 0.05) is 5.39 Å². The van der Waals surface area contributed by atoms with Gasteiger partial charge < -0.3 is 19.7 Å². The van der Waals surface area contributed by atoms with Gasteiger partial charge in [0.1, 0.15) is 16.8 Å². The van der Waals surface area contributed by atoms with Crippen LogP contribution in [0.3, 0.4) is 0 Å². The number of hydrogen-bond acceptors (Lipinski definition) is 8. The number of amides is 1. The van der Waals surface area contributed by atoms with Crippen molar-refractivity contribution in [2.24, 2.45) is 0 Å². The molecule has 1 amide bonds. The fourth-order valence-electron chi connectivity index (χ4n) is 3.32. The number of hydrogen-bond donors (Lipinski definition) is 1. The summed E-state index contributed by atoms with van der Waals surface area (Å²) >= 11 is 15.1. The van der Waals surface area contributed by atoms with Crippen LogP contribution >= 0.6 is 39.1 Å². The van der Waals surface area contributed by atoms with Gasteiger partial charge in [-0.2, -0.15) is 0 Å². The van der Waals surface area contributed by atoms with Gasteiger partial charge in [0.05, 0.1) is 34.6 Å². The third kappa shape index (κ3) is 4.64. The van der Waals surface area contributed by atoms with Gasteiger partial charge in [-0.3, -0.25) is 10.1 Å². The second-order valence-electron chi connectivity index (χ2n) is 8.30. The third-order valence-corrected chi connectivity index (χ3v) is 6.31. The number of fused-ring (bicyclic) bond motifs is 1. The highest BCUT2D eigenvalue weighted by Crippen LogP contribution is 2.44. The van der Waals surface area contributed by atoms with Gasteiger partial charge in [-0.05, 0) is 42.8 Å². The van der Waals surface area contributed by atoms with Crippen molar-refractivity contribution < 1.29 is 28.4 Å². The molecule has 0 spiro atoms. The Bertz CT molecular complexity index is 1180. The molecule has 1 N–H and O–H groups in total. The minimum atomic E-state index is -1.59. The summed E-state index contributed by atoms with van der Waals surface area (Å²) in [5, 5.41) is 13.8. The van der Waals surface area contributed by atoms with Crippen LogP contribution in [0.5, 0.6) is 0 Å². The lowest BCUT2D eigenvalue weighted by atomic mass is 9.89. The third-order valence-electron chi connectivity index (χ3n) is 4.74. The van der Waals surface area contributed by atoms with E-state index in [1.54, 1.807) is 20.8 Å². The van der Waals surface area contributed by atoms with E-state index < -0.39 is 44.8 Å². The van der Waals surface area contributed by atoms with Crippen molar-refractivity contribution in [3.8, 4) is 0 Å². The summed E-state index contributed by atoms with van der Waals surface area (Å²) in [4.78, 5) is 41.0. The Balaban J connectivity index is 2.13. The number of nitro groups is 1. The summed E-state index contributed by atoms with van der Waals surface area (Å²) in [6, 6.07) is 1.25. The molecule has 3 rings (SSSR count). The normalized spacial score (nSPS) is 15.1. The van der Waals surface area contributed by atoms with Crippen molar-refractivity contribution in [1.82, 2.24) is 9.88 Å². The molecule has 33 heavy (non-hydrogen) atoms. The van der Waals surface area contributed by atoms with Crippen LogP contribution in [0.15, 0.2) is 10.5 Å². The number of halogens is 4. The number of carbonyl (C=O) groups is 2. The molecule has 1 aromatic carbocycles. The first-order valence-electron chi connectivity index (χ1n) is 9.36. The summed E-state index contributed by atoms with van der Waals surface area (Å²) in [5.41, 5.74) is -3.67. The monoisotopic (exact) mass is 566 g/mol. The molecule has 1 fully saturated rings. The Morgan fingerprint density at radius 3 is 2.48 bits per heavy atom. The molecule has 2 heterocycles. The van der Waals surface area contributed by atoms with Crippen molar-refractivity contribution in [2.45, 2.75) is 31.9 Å². The summed E-state index contributed by atoms with van der Waals surface area (Å²) in [5.74, 6) is -1.70. The maximum atomic E-state index is 14.8. The van der Waals surface area contributed by atoms with Crippen molar-refractivity contribution >= 4 is 73.5 Å². The first kappa shape index (κ1) is 25.2. The van der Waals surface area contributed by atoms with Gasteiger partial charge in [0.15, 0.2) is 11.4 Å². The van der Waals surface area contributed by atoms with E-state index in [9.17, 15) is 24.1 Å². The van der Waals surface area contributed by atoms with Gasteiger partial charge >= 0.3 is 17.7 Å². The molecular formula is C19H18BrCl2FN4O6. The van der Waals surface area contributed by atoms with E-state index >= 15 is 0 Å². The zero-order valence-corrected chi connectivity index (χ0v) is 20.9. The highest BCUT2D eigenvalue weighted by molar-refractivity contribution is 9.10. The summed E-state index contributed by atoms with van der Waals surface area (Å²) in [7, 11) is 1.13. The van der Waals surface area contributed by atoms with Crippen LogP contribution in [-0.2, 0) is 14.3 Å². The van der Waals surface area contributed by atoms with Crippen molar-refractivity contribution in [3.63, 3.8) is 0 Å². The minimum Gasteiger partial charge on any atom is -0.467 e. The van der Waals surface area contributed by atoms with E-state index in [2.05, 4.69) is 26.2 Å². The number of benzene rings is 1. The summed E-state index contributed by atoms with van der Waals surface area (Å²) in [6.45, 7) is 4.57. The molecule has 1 aromatic heterocycles. The van der Waals surface area contributed by atoms with Crippen LogP contribution < -0.4 is 5.32 Å². The Hall–Kier alpha value is -2.44. The van der Waals surface area contributed by atoms with E-state index in [0.717, 1.165) is 7.11 Å². The molecule has 1 saturated heterocycles. The maximum absolute atomic E-state index is 14.8. The first-order chi connectivity index (χ1) is 15.2. The van der Waals surface area contributed by atoms with Gasteiger partial charge in [0.25, 0.3) is 0 Å². The van der Waals surface area contributed by atoms with Gasteiger partial charge in [0.2, 0.25) is 5.15 Å². The minimum absolute atomic E-state index is 0.0856. The number of pyridine rings is 1. The zero-order valence-electron chi connectivity index (χ0n) is 17.8. The fourth-order valence-corrected chi connectivity index (χ4v) is 4.06. The number of anilines is 1. The molecule has 14 heteroatoms. The van der Waals surface area contributed by atoms with E-state index in [-0.39, 0.29) is 39.2 Å². The molecule has 1 aliphatic heterocycles. The van der Waals surface area contributed by atoms with Crippen LogP contribution in [0.25, 0.3) is 10.9 Å². The van der Waals surface area contributed by atoms with E-state index in [0.29, 0.717) is 0 Å². The SMILES string of the molecule is COC(=O)C1(Nc2c([N+](=O)[O-])c(Cl)nc3c(F)c(Br)c(Cl)cc23)CN(C(=O)OC(C)(C)C)C1. The van der Waals surface area contributed by atoms with E-state index in [4.69, 9.17) is 32.7 Å². The van der Waals surface area contributed by atoms with Crippen LogP contribution in [0.2, 0.25) is 10.2 Å². The number of aromatic nitrogens is 1. The predicted molar refractivity (Wildman–Crippen MR) is 122 cm³/mol. The molecule has 0 atom stereocenters. The smallest absolute Gasteiger partial charge is 0.410 e. The van der Waals surface area contributed by atoms with Gasteiger partial charge in [-0.25, -0.2) is 19.0 Å². The van der Waals surface area contributed by atoms with Crippen molar-refractivity contribution in [1.29, 1.82) is 0 Å². The average Bonchev–Trinajstić information content (AvgIpc) is 2.67. The number of methoxy groups -OCH3 is 1. The standard InChI is InChI=1S/C19H18BrCl2FN4O6/c1-18(2,3)33-17(29)26-6-19(7-26,16(28)32-4)25-13-8-5-9(21)10(20)11(23)12(8)24-15(22)14(13)27(30)31/h5H,6-7H2,1-4H3,(H,24,25). The van der Waals surface area contributed by atoms with Gasteiger partial charge in [-0.1, -0.05) is 23.2 Å². The number of esters is 1. The van der Waals surface area contributed by atoms with Crippen LogP contribution in [0, 0.1) is 15.9 Å². The maximum Gasteiger partial charge on any atom is 0.410 e. The van der Waals surface area contributed by atoms with E-state index in [1.807, 2.05) is 0 Å². The largest absolute Gasteiger partial charge is 0.467 e. The summed E-state index contributed by atoms with van der Waals surface area (Å²) in [6.07, 6.45) is -0.686. The second-order valence-corrected chi connectivity index (χ2v) is 9.86. The molecule has 178 valence electrons. The van der Waals surface area contributed by atoms with E-state index in [1.165, 1.54) is 11.0 Å². The number of rotatable bonds is 4. The molecule has 0 saturated carbocycles. The lowest BCUT2D eigenvalue weighted by Crippen LogP contribution is -2.72. The number of nitrogens with one attached hydrogen (secondary N) is 1. The molecule has 0 unspecified atom stereocenters. The molecular weight excluding hydrogens is 550 g/mol. The molecule has 0 radical (unpaired) electrons. The Morgan fingerprint density at radius 1 is 1.36 bits per heavy atom. The average molecular weight is 568 g/mol. The van der Waals surface area contributed by atoms with Crippen molar-refractivity contribution in [2.75, 3.05) is 25.5 Å². The summed E-state index contributed by atoms with van der Waals surface area (Å²) < 4.78 is 24.9. The second kappa shape index (κ2) is 8.73. The molecule has 1 aliphatic rings. The van der Waals surface area contributed by atoms with Gasteiger partial charge in [-0.15, -0.1) is 0 Å². The lowest BCUT2D eigenvalue weighted by Gasteiger charge is -2.48. The Labute approximate surface area is 205 Å². The van der Waals surface area contributed by atoms with Crippen LogP contribution in [-0.4, -0.2) is 58.2 Å².